The third-order valence-corrected chi connectivity index (χ3v) is 5.16. The molecule has 0 radical (unpaired) electrons. The predicted molar refractivity (Wildman–Crippen MR) is 94.8 cm³/mol. The standard InChI is InChI=1S/C19H24N2O5/c1-12-9-15(12)18(25)20-14-4-2-3-13(10-14)17(24)21-19(11-16(22)23)5-7-26-8-6-19/h2-4,10,12,15H,5-9,11H2,1H3,(H,20,25)(H,21,24)(H,22,23). The summed E-state index contributed by atoms with van der Waals surface area (Å²) in [7, 11) is 0. The lowest BCUT2D eigenvalue weighted by molar-refractivity contribution is -0.139. The number of aliphatic carboxylic acids is 1. The Morgan fingerprint density at radius 3 is 2.58 bits per heavy atom. The molecule has 140 valence electrons. The molecular formula is C19H24N2O5. The number of benzene rings is 1. The summed E-state index contributed by atoms with van der Waals surface area (Å²) < 4.78 is 5.30. The van der Waals surface area contributed by atoms with Crippen molar-refractivity contribution in [3.63, 3.8) is 0 Å². The highest BCUT2D eigenvalue weighted by molar-refractivity contribution is 5.98. The Morgan fingerprint density at radius 2 is 1.96 bits per heavy atom. The second-order valence-electron chi connectivity index (χ2n) is 7.31. The normalized spacial score (nSPS) is 23.7. The minimum absolute atomic E-state index is 0.0261. The number of carboxylic acid groups (broad SMARTS) is 1. The highest BCUT2D eigenvalue weighted by Crippen LogP contribution is 2.38. The minimum atomic E-state index is -0.952. The number of anilines is 1. The summed E-state index contributed by atoms with van der Waals surface area (Å²) in [5, 5.41) is 14.9. The lowest BCUT2D eigenvalue weighted by Crippen LogP contribution is -2.53. The number of hydrogen-bond acceptors (Lipinski definition) is 4. The largest absolute Gasteiger partial charge is 0.481 e. The molecule has 3 rings (SSSR count). The molecule has 2 amide bonds. The maximum Gasteiger partial charge on any atom is 0.305 e. The van der Waals surface area contributed by atoms with Crippen molar-refractivity contribution in [1.82, 2.24) is 5.32 Å². The Morgan fingerprint density at radius 1 is 1.27 bits per heavy atom. The fourth-order valence-corrected chi connectivity index (χ4v) is 3.37. The van der Waals surface area contributed by atoms with Gasteiger partial charge in [0.1, 0.15) is 0 Å². The topological polar surface area (TPSA) is 105 Å². The van der Waals surface area contributed by atoms with Crippen LogP contribution in [0.25, 0.3) is 0 Å². The molecule has 1 aromatic rings. The molecule has 2 fully saturated rings. The Hall–Kier alpha value is -2.41. The van der Waals surface area contributed by atoms with Crippen LogP contribution in [-0.4, -0.2) is 41.6 Å². The number of carbonyl (C=O) groups is 3. The lowest BCUT2D eigenvalue weighted by Gasteiger charge is -2.36. The van der Waals surface area contributed by atoms with Gasteiger partial charge in [-0.05, 0) is 43.4 Å². The van der Waals surface area contributed by atoms with Crippen LogP contribution in [0.4, 0.5) is 5.69 Å². The second-order valence-corrected chi connectivity index (χ2v) is 7.31. The zero-order valence-electron chi connectivity index (χ0n) is 14.8. The highest BCUT2D eigenvalue weighted by Gasteiger charge is 2.39. The van der Waals surface area contributed by atoms with Gasteiger partial charge in [0.05, 0.1) is 12.0 Å². The summed E-state index contributed by atoms with van der Waals surface area (Å²) >= 11 is 0. The molecule has 1 aliphatic heterocycles. The monoisotopic (exact) mass is 360 g/mol. The number of nitrogens with one attached hydrogen (secondary N) is 2. The summed E-state index contributed by atoms with van der Waals surface area (Å²) in [4.78, 5) is 36.0. The van der Waals surface area contributed by atoms with Gasteiger partial charge in [-0.1, -0.05) is 13.0 Å². The van der Waals surface area contributed by atoms with Crippen molar-refractivity contribution in [1.29, 1.82) is 0 Å². The van der Waals surface area contributed by atoms with Crippen LogP contribution in [0.3, 0.4) is 0 Å². The van der Waals surface area contributed by atoms with E-state index in [1.54, 1.807) is 24.3 Å². The Kier molecular flexibility index (Phi) is 5.27. The van der Waals surface area contributed by atoms with Crippen molar-refractivity contribution in [3.05, 3.63) is 29.8 Å². The van der Waals surface area contributed by atoms with Crippen LogP contribution in [-0.2, 0) is 14.3 Å². The number of hydrogen-bond donors (Lipinski definition) is 3. The fraction of sp³-hybridized carbons (Fsp3) is 0.526. The molecule has 1 saturated heterocycles. The van der Waals surface area contributed by atoms with Crippen molar-refractivity contribution in [2.45, 2.75) is 38.1 Å². The first-order valence-corrected chi connectivity index (χ1v) is 8.91. The maximum atomic E-state index is 12.7. The summed E-state index contributed by atoms with van der Waals surface area (Å²) in [5.74, 6) is -0.864. The minimum Gasteiger partial charge on any atom is -0.481 e. The number of carbonyl (C=O) groups excluding carboxylic acids is 2. The SMILES string of the molecule is CC1CC1C(=O)Nc1cccc(C(=O)NC2(CC(=O)O)CCOCC2)c1. The van der Waals surface area contributed by atoms with E-state index in [1.165, 1.54) is 0 Å². The van der Waals surface area contributed by atoms with E-state index in [0.29, 0.717) is 43.2 Å². The van der Waals surface area contributed by atoms with Crippen LogP contribution in [0.1, 0.15) is 43.0 Å². The highest BCUT2D eigenvalue weighted by atomic mass is 16.5. The smallest absolute Gasteiger partial charge is 0.305 e. The molecule has 7 nitrogen and oxygen atoms in total. The second kappa shape index (κ2) is 7.45. The molecule has 0 aromatic heterocycles. The van der Waals surface area contributed by atoms with E-state index in [2.05, 4.69) is 10.6 Å². The van der Waals surface area contributed by atoms with Crippen LogP contribution in [0.2, 0.25) is 0 Å². The molecule has 2 aliphatic rings. The van der Waals surface area contributed by atoms with Crippen molar-refractivity contribution < 1.29 is 24.2 Å². The average Bonchev–Trinajstić information content (AvgIpc) is 3.32. The zero-order chi connectivity index (χ0) is 18.7. The van der Waals surface area contributed by atoms with Crippen LogP contribution in [0, 0.1) is 11.8 Å². The van der Waals surface area contributed by atoms with E-state index < -0.39 is 11.5 Å². The van der Waals surface area contributed by atoms with Crippen molar-refractivity contribution in [3.8, 4) is 0 Å². The van der Waals surface area contributed by atoms with Crippen LogP contribution >= 0.6 is 0 Å². The van der Waals surface area contributed by atoms with Gasteiger partial charge >= 0.3 is 5.97 Å². The van der Waals surface area contributed by atoms with E-state index in [1.807, 2.05) is 6.92 Å². The van der Waals surface area contributed by atoms with Crippen molar-refractivity contribution >= 4 is 23.5 Å². The Bertz CT molecular complexity index is 712. The molecule has 0 bridgehead atoms. The first-order chi connectivity index (χ1) is 12.4. The summed E-state index contributed by atoms with van der Waals surface area (Å²) in [6.45, 7) is 2.87. The maximum absolute atomic E-state index is 12.7. The zero-order valence-corrected chi connectivity index (χ0v) is 14.8. The average molecular weight is 360 g/mol. The molecule has 2 unspecified atom stereocenters. The van der Waals surface area contributed by atoms with Gasteiger partial charge in [-0.3, -0.25) is 14.4 Å². The van der Waals surface area contributed by atoms with Gasteiger partial charge in [-0.15, -0.1) is 0 Å². The summed E-state index contributed by atoms with van der Waals surface area (Å²) in [6, 6.07) is 6.71. The number of carboxylic acids is 1. The summed E-state index contributed by atoms with van der Waals surface area (Å²) in [5.41, 5.74) is 0.160. The molecule has 1 aliphatic carbocycles. The van der Waals surface area contributed by atoms with Gasteiger partial charge in [-0.2, -0.15) is 0 Å². The molecule has 7 heteroatoms. The van der Waals surface area contributed by atoms with Crippen LogP contribution in [0.5, 0.6) is 0 Å². The van der Waals surface area contributed by atoms with Gasteiger partial charge in [0.15, 0.2) is 0 Å². The molecule has 26 heavy (non-hydrogen) atoms. The molecule has 2 atom stereocenters. The molecule has 1 aromatic carbocycles. The first-order valence-electron chi connectivity index (χ1n) is 8.91. The van der Waals surface area contributed by atoms with Crippen LogP contribution in [0.15, 0.2) is 24.3 Å². The third kappa shape index (κ3) is 4.40. The van der Waals surface area contributed by atoms with Gasteiger partial charge in [-0.25, -0.2) is 0 Å². The Labute approximate surface area is 152 Å². The molecule has 0 spiro atoms. The molecule has 1 heterocycles. The predicted octanol–water partition coefficient (Wildman–Crippen LogP) is 2.03. The van der Waals surface area contributed by atoms with E-state index in [0.717, 1.165) is 6.42 Å². The van der Waals surface area contributed by atoms with E-state index in [-0.39, 0.29) is 24.2 Å². The van der Waals surface area contributed by atoms with E-state index >= 15 is 0 Å². The van der Waals surface area contributed by atoms with Crippen molar-refractivity contribution in [2.75, 3.05) is 18.5 Å². The first kappa shape index (κ1) is 18.4. The fourth-order valence-electron chi connectivity index (χ4n) is 3.37. The van der Waals surface area contributed by atoms with Crippen molar-refractivity contribution in [2.24, 2.45) is 11.8 Å². The summed E-state index contributed by atoms with van der Waals surface area (Å²) in [6.07, 6.45) is 1.67. The number of rotatable bonds is 6. The Balaban J connectivity index is 1.69. The molecular weight excluding hydrogens is 336 g/mol. The quantitative estimate of drug-likeness (QED) is 0.720. The molecule has 3 N–H and O–H groups in total. The van der Waals surface area contributed by atoms with Gasteiger partial charge < -0.3 is 20.5 Å². The number of ether oxygens (including phenoxy) is 1. The number of amides is 2. The van der Waals surface area contributed by atoms with Crippen LogP contribution < -0.4 is 10.6 Å². The third-order valence-electron chi connectivity index (χ3n) is 5.16. The van der Waals surface area contributed by atoms with Gasteiger partial charge in [0, 0.05) is 30.4 Å². The van der Waals surface area contributed by atoms with Gasteiger partial charge in [0.25, 0.3) is 5.91 Å². The van der Waals surface area contributed by atoms with E-state index in [4.69, 9.17) is 4.74 Å². The molecule has 1 saturated carbocycles. The van der Waals surface area contributed by atoms with E-state index in [9.17, 15) is 19.5 Å². The lowest BCUT2D eigenvalue weighted by atomic mass is 9.86. The van der Waals surface area contributed by atoms with Gasteiger partial charge in [0.2, 0.25) is 5.91 Å².